The summed E-state index contributed by atoms with van der Waals surface area (Å²) >= 11 is 7.60. The van der Waals surface area contributed by atoms with E-state index in [0.717, 1.165) is 10.6 Å². The Morgan fingerprint density at radius 2 is 1.85 bits per heavy atom. The first-order valence-electron chi connectivity index (χ1n) is 6.09. The number of hydrogen-bond acceptors (Lipinski definition) is 3. The molecule has 0 radical (unpaired) electrons. The minimum absolute atomic E-state index is 0.313. The monoisotopic (exact) mass is 325 g/mol. The Balaban J connectivity index is 2.09. The topological polar surface area (TPSA) is 37.4 Å². The third kappa shape index (κ3) is 2.41. The van der Waals surface area contributed by atoms with Gasteiger partial charge in [-0.25, -0.2) is 8.42 Å². The molecule has 0 saturated carbocycles. The summed E-state index contributed by atoms with van der Waals surface area (Å²) < 4.78 is 26.9. The summed E-state index contributed by atoms with van der Waals surface area (Å²) in [7, 11) is -3.51. The molecule has 0 aromatic heterocycles. The van der Waals surface area contributed by atoms with Crippen LogP contribution in [-0.2, 0) is 10.0 Å². The van der Waals surface area contributed by atoms with Crippen LogP contribution < -0.4 is 4.31 Å². The van der Waals surface area contributed by atoms with Gasteiger partial charge in [0.05, 0.1) is 10.6 Å². The number of sulfonamides is 1. The fourth-order valence-corrected chi connectivity index (χ4v) is 5.08. The van der Waals surface area contributed by atoms with Gasteiger partial charge in [0, 0.05) is 22.2 Å². The molecule has 1 heterocycles. The number of benzene rings is 2. The van der Waals surface area contributed by atoms with Gasteiger partial charge in [-0.2, -0.15) is 0 Å². The highest BCUT2D eigenvalue weighted by atomic mass is 35.5. The zero-order valence-corrected chi connectivity index (χ0v) is 12.9. The summed E-state index contributed by atoms with van der Waals surface area (Å²) in [6.45, 7) is 0.469. The first-order valence-corrected chi connectivity index (χ1v) is 8.89. The number of anilines is 1. The van der Waals surface area contributed by atoms with Gasteiger partial charge in [-0.3, -0.25) is 4.31 Å². The van der Waals surface area contributed by atoms with Gasteiger partial charge in [0.2, 0.25) is 0 Å². The molecule has 0 aliphatic carbocycles. The highest BCUT2D eigenvalue weighted by Gasteiger charge is 2.29. The molecule has 2 aromatic rings. The summed E-state index contributed by atoms with van der Waals surface area (Å²) in [5.74, 6) is 0.722. The van der Waals surface area contributed by atoms with E-state index in [0.29, 0.717) is 22.2 Å². The van der Waals surface area contributed by atoms with Crippen LogP contribution >= 0.6 is 23.4 Å². The first kappa shape index (κ1) is 13.8. The van der Waals surface area contributed by atoms with Crippen molar-refractivity contribution in [2.75, 3.05) is 16.6 Å². The van der Waals surface area contributed by atoms with Crippen LogP contribution in [0.5, 0.6) is 0 Å². The Morgan fingerprint density at radius 1 is 1.10 bits per heavy atom. The maximum absolute atomic E-state index is 12.7. The van der Waals surface area contributed by atoms with Crippen molar-refractivity contribution in [3.63, 3.8) is 0 Å². The van der Waals surface area contributed by atoms with E-state index in [1.54, 1.807) is 54.2 Å². The maximum Gasteiger partial charge on any atom is 0.264 e. The van der Waals surface area contributed by atoms with Crippen molar-refractivity contribution in [1.82, 2.24) is 0 Å². The van der Waals surface area contributed by atoms with E-state index in [4.69, 9.17) is 11.6 Å². The lowest BCUT2D eigenvalue weighted by Gasteiger charge is -2.30. The standard InChI is InChI=1S/C14H12ClNO2S2/c15-11-6-7-13-14(10-11)19-9-8-16(13)20(17,18)12-4-2-1-3-5-12/h1-7,10H,8-9H2. The molecule has 1 aliphatic heterocycles. The van der Waals surface area contributed by atoms with Gasteiger partial charge in [-0.15, -0.1) is 11.8 Å². The van der Waals surface area contributed by atoms with Crippen molar-refractivity contribution in [2.24, 2.45) is 0 Å². The third-order valence-electron chi connectivity index (χ3n) is 3.07. The van der Waals surface area contributed by atoms with Crippen LogP contribution in [0.25, 0.3) is 0 Å². The molecular weight excluding hydrogens is 314 g/mol. The zero-order valence-electron chi connectivity index (χ0n) is 10.5. The molecule has 0 N–H and O–H groups in total. The molecule has 104 valence electrons. The normalized spacial score (nSPS) is 14.9. The highest BCUT2D eigenvalue weighted by molar-refractivity contribution is 8.00. The molecule has 0 spiro atoms. The first-order chi connectivity index (χ1) is 9.59. The van der Waals surface area contributed by atoms with E-state index in [1.165, 1.54) is 4.31 Å². The quantitative estimate of drug-likeness (QED) is 0.846. The molecule has 6 heteroatoms. The average Bonchev–Trinajstić information content (AvgIpc) is 2.47. The van der Waals surface area contributed by atoms with Crippen LogP contribution in [0, 0.1) is 0 Å². The summed E-state index contributed by atoms with van der Waals surface area (Å²) in [6, 6.07) is 13.8. The number of hydrogen-bond donors (Lipinski definition) is 0. The minimum atomic E-state index is -3.51. The third-order valence-corrected chi connectivity index (χ3v) is 6.16. The molecule has 2 aromatic carbocycles. The molecule has 3 rings (SSSR count). The minimum Gasteiger partial charge on any atom is -0.264 e. The van der Waals surface area contributed by atoms with Crippen LogP contribution in [0.1, 0.15) is 0 Å². The number of thioether (sulfide) groups is 1. The molecular formula is C14H12ClNO2S2. The van der Waals surface area contributed by atoms with Gasteiger partial charge in [-0.1, -0.05) is 29.8 Å². The number of halogens is 1. The number of nitrogens with zero attached hydrogens (tertiary/aromatic N) is 1. The molecule has 1 aliphatic rings. The van der Waals surface area contributed by atoms with E-state index in [1.807, 2.05) is 6.07 Å². The zero-order chi connectivity index (χ0) is 14.2. The number of fused-ring (bicyclic) bond motifs is 1. The molecule has 0 amide bonds. The molecule has 20 heavy (non-hydrogen) atoms. The van der Waals surface area contributed by atoms with Crippen molar-refractivity contribution < 1.29 is 8.42 Å². The lowest BCUT2D eigenvalue weighted by atomic mass is 10.3. The molecule has 0 bridgehead atoms. The van der Waals surface area contributed by atoms with Crippen molar-refractivity contribution in [3.8, 4) is 0 Å². The molecule has 0 fully saturated rings. The Kier molecular flexibility index (Phi) is 3.67. The van der Waals surface area contributed by atoms with Gasteiger partial charge in [0.25, 0.3) is 10.0 Å². The lowest BCUT2D eigenvalue weighted by molar-refractivity contribution is 0.591. The Labute approximate surface area is 127 Å². The fourth-order valence-electron chi connectivity index (χ4n) is 2.14. The van der Waals surface area contributed by atoms with Crippen molar-refractivity contribution in [2.45, 2.75) is 9.79 Å². The fraction of sp³-hybridized carbons (Fsp3) is 0.143. The predicted molar refractivity (Wildman–Crippen MR) is 83.1 cm³/mol. The number of rotatable bonds is 2. The van der Waals surface area contributed by atoms with Gasteiger partial charge in [0.15, 0.2) is 0 Å². The van der Waals surface area contributed by atoms with E-state index in [2.05, 4.69) is 0 Å². The lowest BCUT2D eigenvalue weighted by Crippen LogP contribution is -2.35. The Bertz CT molecular complexity index is 732. The maximum atomic E-state index is 12.7. The van der Waals surface area contributed by atoms with Crippen molar-refractivity contribution in [3.05, 3.63) is 53.6 Å². The van der Waals surface area contributed by atoms with E-state index in [-0.39, 0.29) is 0 Å². The second kappa shape index (κ2) is 5.31. The van der Waals surface area contributed by atoms with Gasteiger partial charge < -0.3 is 0 Å². The molecule has 0 saturated heterocycles. The molecule has 0 unspecified atom stereocenters. The Hall–Kier alpha value is -1.17. The summed E-state index contributed by atoms with van der Waals surface area (Å²) in [5.41, 5.74) is 0.703. The predicted octanol–water partition coefficient (Wildman–Crippen LogP) is 3.64. The van der Waals surface area contributed by atoms with Gasteiger partial charge in [0.1, 0.15) is 0 Å². The Morgan fingerprint density at radius 3 is 2.60 bits per heavy atom. The van der Waals surface area contributed by atoms with E-state index >= 15 is 0 Å². The summed E-state index contributed by atoms with van der Waals surface area (Å²) in [4.78, 5) is 1.22. The van der Waals surface area contributed by atoms with Crippen molar-refractivity contribution >= 4 is 39.1 Å². The highest BCUT2D eigenvalue weighted by Crippen LogP contribution is 2.39. The van der Waals surface area contributed by atoms with Crippen LogP contribution in [0.2, 0.25) is 5.02 Å². The summed E-state index contributed by atoms with van der Waals surface area (Å²) in [6.07, 6.45) is 0. The SMILES string of the molecule is O=S(=O)(c1ccccc1)N1CCSc2cc(Cl)ccc21. The second-order valence-electron chi connectivity index (χ2n) is 4.35. The van der Waals surface area contributed by atoms with E-state index in [9.17, 15) is 8.42 Å². The van der Waals surface area contributed by atoms with Gasteiger partial charge in [-0.05, 0) is 30.3 Å². The van der Waals surface area contributed by atoms with Crippen molar-refractivity contribution in [1.29, 1.82) is 0 Å². The van der Waals surface area contributed by atoms with Crippen LogP contribution in [0.4, 0.5) is 5.69 Å². The smallest absolute Gasteiger partial charge is 0.264 e. The largest absolute Gasteiger partial charge is 0.264 e. The average molecular weight is 326 g/mol. The van der Waals surface area contributed by atoms with Gasteiger partial charge >= 0.3 is 0 Å². The van der Waals surface area contributed by atoms with Crippen LogP contribution in [0.15, 0.2) is 58.3 Å². The van der Waals surface area contributed by atoms with Crippen LogP contribution in [-0.4, -0.2) is 20.7 Å². The van der Waals surface area contributed by atoms with E-state index < -0.39 is 10.0 Å². The molecule has 3 nitrogen and oxygen atoms in total. The summed E-state index contributed by atoms with van der Waals surface area (Å²) in [5, 5.41) is 0.621. The van der Waals surface area contributed by atoms with Crippen LogP contribution in [0.3, 0.4) is 0 Å². The second-order valence-corrected chi connectivity index (χ2v) is 7.79. The molecule has 0 atom stereocenters.